The number of nitrogens with one attached hydrogen (secondary N) is 1. The maximum atomic E-state index is 13.0. The first-order chi connectivity index (χ1) is 12.8. The van der Waals surface area contributed by atoms with E-state index in [0.29, 0.717) is 11.3 Å². The fraction of sp³-hybridized carbons (Fsp3) is 0.222. The summed E-state index contributed by atoms with van der Waals surface area (Å²) in [5.74, 6) is -1.03. The van der Waals surface area contributed by atoms with Gasteiger partial charge in [-0.15, -0.1) is 0 Å². The number of rotatable bonds is 5. The largest absolute Gasteiger partial charge is 0.482 e. The number of ether oxygens (including phenoxy) is 1. The van der Waals surface area contributed by atoms with Crippen molar-refractivity contribution in [3.63, 3.8) is 0 Å². The second kappa shape index (κ2) is 7.40. The highest BCUT2D eigenvalue weighted by atomic mass is 19.1. The third kappa shape index (κ3) is 4.02. The Hall–Kier alpha value is -3.49. The number of non-ortho nitro benzene ring substituents is 1. The van der Waals surface area contributed by atoms with Crippen LogP contribution in [-0.2, 0) is 9.59 Å². The lowest BCUT2D eigenvalue weighted by Gasteiger charge is -2.29. The minimum absolute atomic E-state index is 0.171. The summed E-state index contributed by atoms with van der Waals surface area (Å²) in [5, 5.41) is 13.7. The molecule has 0 radical (unpaired) electrons. The Morgan fingerprint density at radius 2 is 2.04 bits per heavy atom. The summed E-state index contributed by atoms with van der Waals surface area (Å²) in [6, 6.07) is 9.15. The molecule has 0 saturated heterocycles. The van der Waals surface area contributed by atoms with E-state index in [0.717, 1.165) is 4.90 Å². The molecule has 2 aromatic rings. The molecule has 140 valence electrons. The fourth-order valence-corrected chi connectivity index (χ4v) is 2.74. The molecular formula is C18H16FN3O5. The van der Waals surface area contributed by atoms with Crippen molar-refractivity contribution in [1.82, 2.24) is 5.32 Å². The van der Waals surface area contributed by atoms with Crippen LogP contribution in [0, 0.1) is 15.9 Å². The van der Waals surface area contributed by atoms with Gasteiger partial charge in [-0.05, 0) is 30.7 Å². The summed E-state index contributed by atoms with van der Waals surface area (Å²) >= 11 is 0. The van der Waals surface area contributed by atoms with Crippen LogP contribution in [0.5, 0.6) is 5.75 Å². The van der Waals surface area contributed by atoms with Gasteiger partial charge < -0.3 is 10.1 Å². The summed E-state index contributed by atoms with van der Waals surface area (Å²) < 4.78 is 18.3. The number of carbonyl (C=O) groups is 2. The van der Waals surface area contributed by atoms with Crippen LogP contribution in [0.4, 0.5) is 15.8 Å². The van der Waals surface area contributed by atoms with Crippen LogP contribution in [0.25, 0.3) is 0 Å². The molecule has 2 amide bonds. The van der Waals surface area contributed by atoms with Crippen molar-refractivity contribution in [2.75, 3.05) is 18.1 Å². The van der Waals surface area contributed by atoms with E-state index < -0.39 is 22.8 Å². The molecule has 0 saturated carbocycles. The van der Waals surface area contributed by atoms with Gasteiger partial charge in [-0.2, -0.15) is 0 Å². The number of anilines is 1. The monoisotopic (exact) mass is 373 g/mol. The molecule has 0 bridgehead atoms. The van der Waals surface area contributed by atoms with Gasteiger partial charge in [-0.3, -0.25) is 24.6 Å². The first-order valence-electron chi connectivity index (χ1n) is 8.11. The van der Waals surface area contributed by atoms with Gasteiger partial charge in [0.15, 0.2) is 6.61 Å². The van der Waals surface area contributed by atoms with Crippen molar-refractivity contribution in [2.24, 2.45) is 0 Å². The molecule has 27 heavy (non-hydrogen) atoms. The van der Waals surface area contributed by atoms with Crippen molar-refractivity contribution >= 4 is 23.2 Å². The van der Waals surface area contributed by atoms with Gasteiger partial charge in [0.2, 0.25) is 5.91 Å². The van der Waals surface area contributed by atoms with Gasteiger partial charge >= 0.3 is 0 Å². The number of nitrogens with zero attached hydrogens (tertiary/aromatic N) is 2. The quantitative estimate of drug-likeness (QED) is 0.640. The molecule has 1 atom stereocenters. The molecule has 0 aliphatic carbocycles. The lowest BCUT2D eigenvalue weighted by atomic mass is 10.1. The molecular weight excluding hydrogens is 357 g/mol. The van der Waals surface area contributed by atoms with Crippen molar-refractivity contribution < 1.29 is 23.6 Å². The number of nitro groups is 1. The molecule has 0 aromatic heterocycles. The number of carbonyl (C=O) groups excluding carboxylic acids is 2. The fourth-order valence-electron chi connectivity index (χ4n) is 2.74. The first kappa shape index (κ1) is 18.3. The second-order valence-corrected chi connectivity index (χ2v) is 6.02. The Kier molecular flexibility index (Phi) is 5.02. The Labute approximate surface area is 153 Å². The van der Waals surface area contributed by atoms with Gasteiger partial charge in [-0.1, -0.05) is 12.1 Å². The maximum absolute atomic E-state index is 13.0. The van der Waals surface area contributed by atoms with Gasteiger partial charge in [0.05, 0.1) is 16.7 Å². The predicted octanol–water partition coefficient (Wildman–Crippen LogP) is 2.34. The van der Waals surface area contributed by atoms with Crippen molar-refractivity contribution in [1.29, 1.82) is 0 Å². The topological polar surface area (TPSA) is 102 Å². The Morgan fingerprint density at radius 1 is 1.33 bits per heavy atom. The number of hydrogen-bond donors (Lipinski definition) is 1. The second-order valence-electron chi connectivity index (χ2n) is 6.02. The molecule has 1 heterocycles. The van der Waals surface area contributed by atoms with Crippen LogP contribution in [0.2, 0.25) is 0 Å². The van der Waals surface area contributed by atoms with Gasteiger partial charge in [0.1, 0.15) is 18.1 Å². The Morgan fingerprint density at radius 3 is 2.70 bits per heavy atom. The van der Waals surface area contributed by atoms with Crippen LogP contribution < -0.4 is 15.0 Å². The Balaban J connectivity index is 1.75. The zero-order valence-electron chi connectivity index (χ0n) is 14.3. The average molecular weight is 373 g/mol. The highest BCUT2D eigenvalue weighted by molar-refractivity contribution is 6.02. The van der Waals surface area contributed by atoms with Crippen LogP contribution in [-0.4, -0.2) is 29.9 Å². The van der Waals surface area contributed by atoms with Gasteiger partial charge in [0.25, 0.3) is 11.6 Å². The molecule has 0 unspecified atom stereocenters. The van der Waals surface area contributed by atoms with Gasteiger partial charge in [0, 0.05) is 12.1 Å². The summed E-state index contributed by atoms with van der Waals surface area (Å²) in [7, 11) is 0. The van der Waals surface area contributed by atoms with Crippen LogP contribution in [0.1, 0.15) is 18.5 Å². The normalized spacial score (nSPS) is 14.1. The minimum atomic E-state index is -0.589. The van der Waals surface area contributed by atoms with Crippen molar-refractivity contribution in [3.05, 3.63) is 64.0 Å². The van der Waals surface area contributed by atoms with Crippen LogP contribution in [0.15, 0.2) is 42.5 Å². The number of hydrogen-bond acceptors (Lipinski definition) is 5. The maximum Gasteiger partial charge on any atom is 0.271 e. The zero-order chi connectivity index (χ0) is 19.6. The number of halogens is 1. The van der Waals surface area contributed by atoms with E-state index in [1.807, 2.05) is 0 Å². The van der Waals surface area contributed by atoms with E-state index in [-0.39, 0.29) is 30.3 Å². The molecule has 8 nitrogen and oxygen atoms in total. The minimum Gasteiger partial charge on any atom is -0.482 e. The summed E-state index contributed by atoms with van der Waals surface area (Å²) in [6.07, 6.45) is 0. The number of amides is 2. The third-order valence-corrected chi connectivity index (χ3v) is 4.15. The molecule has 1 aliphatic heterocycles. The van der Waals surface area contributed by atoms with Gasteiger partial charge in [-0.25, -0.2) is 4.39 Å². The van der Waals surface area contributed by atoms with E-state index in [2.05, 4.69) is 5.32 Å². The molecule has 3 rings (SSSR count). The lowest BCUT2D eigenvalue weighted by Crippen LogP contribution is -2.45. The van der Waals surface area contributed by atoms with Crippen LogP contribution >= 0.6 is 0 Å². The van der Waals surface area contributed by atoms with E-state index in [1.165, 1.54) is 30.3 Å². The van der Waals surface area contributed by atoms with E-state index in [4.69, 9.17) is 4.74 Å². The molecule has 0 spiro atoms. The van der Waals surface area contributed by atoms with Crippen LogP contribution in [0.3, 0.4) is 0 Å². The van der Waals surface area contributed by atoms with E-state index in [1.54, 1.807) is 19.1 Å². The molecule has 9 heteroatoms. The number of benzene rings is 2. The smallest absolute Gasteiger partial charge is 0.271 e. The van der Waals surface area contributed by atoms with E-state index >= 15 is 0 Å². The summed E-state index contributed by atoms with van der Waals surface area (Å²) in [4.78, 5) is 36.1. The molecule has 0 fully saturated rings. The molecule has 1 aliphatic rings. The summed E-state index contributed by atoms with van der Waals surface area (Å²) in [5.41, 5.74) is 0.663. The van der Waals surface area contributed by atoms with E-state index in [9.17, 15) is 24.1 Å². The number of fused-ring (bicyclic) bond motifs is 1. The molecule has 1 N–H and O–H groups in total. The average Bonchev–Trinajstić information content (AvgIpc) is 2.64. The standard InChI is InChI=1S/C18H16FN3O5/c1-11(12-2-4-13(19)5-3-12)20-17(23)9-21-15-8-14(22(25)26)6-7-16(15)27-10-18(21)24/h2-8,11H,9-10H2,1H3,(H,20,23)/t11-/m1/s1. The number of nitro benzene ring substituents is 1. The Bertz CT molecular complexity index is 900. The summed E-state index contributed by atoms with van der Waals surface area (Å²) in [6.45, 7) is 1.15. The molecule has 2 aromatic carbocycles. The van der Waals surface area contributed by atoms with Crippen molar-refractivity contribution in [3.8, 4) is 5.75 Å². The highest BCUT2D eigenvalue weighted by Gasteiger charge is 2.29. The van der Waals surface area contributed by atoms with Crippen molar-refractivity contribution in [2.45, 2.75) is 13.0 Å². The lowest BCUT2D eigenvalue weighted by molar-refractivity contribution is -0.384. The highest BCUT2D eigenvalue weighted by Crippen LogP contribution is 2.35. The zero-order valence-corrected chi connectivity index (χ0v) is 14.3. The SMILES string of the molecule is C[C@@H](NC(=O)CN1C(=O)COc2ccc([N+](=O)[O-])cc21)c1ccc(F)cc1. The first-order valence-corrected chi connectivity index (χ1v) is 8.11. The third-order valence-electron chi connectivity index (χ3n) is 4.15. The predicted molar refractivity (Wildman–Crippen MR) is 93.9 cm³/mol.